The average Bonchev–Trinajstić information content (AvgIpc) is 3.21. The normalized spacial score (nSPS) is 12.2. The molecule has 8 nitrogen and oxygen atoms in total. The fourth-order valence-electron chi connectivity index (χ4n) is 2.09. The second-order valence-electron chi connectivity index (χ2n) is 5.20. The number of aryl methyl sites for hydroxylation is 1. The second-order valence-corrected chi connectivity index (χ2v) is 6.16. The zero-order valence-electron chi connectivity index (χ0n) is 13.3. The fraction of sp³-hybridized carbons (Fsp3) is 0.333. The van der Waals surface area contributed by atoms with Crippen LogP contribution in [0.25, 0.3) is 4.96 Å². The van der Waals surface area contributed by atoms with Gasteiger partial charge in [-0.15, -0.1) is 5.10 Å². The van der Waals surface area contributed by atoms with Crippen molar-refractivity contribution < 1.29 is 9.21 Å². The molecular weight excluding hydrogens is 330 g/mol. The van der Waals surface area contributed by atoms with Crippen molar-refractivity contribution in [2.24, 2.45) is 0 Å². The number of nitrogens with zero attached hydrogens (tertiary/aromatic N) is 3. The van der Waals surface area contributed by atoms with Crippen LogP contribution in [0.15, 0.2) is 33.7 Å². The van der Waals surface area contributed by atoms with E-state index < -0.39 is 6.04 Å². The van der Waals surface area contributed by atoms with Gasteiger partial charge in [0.25, 0.3) is 5.56 Å². The first-order chi connectivity index (χ1) is 11.6. The minimum Gasteiger partial charge on any atom is -0.467 e. The maximum Gasteiger partial charge on any atom is 0.275 e. The van der Waals surface area contributed by atoms with Gasteiger partial charge in [0.15, 0.2) is 0 Å². The van der Waals surface area contributed by atoms with Crippen molar-refractivity contribution in [3.63, 3.8) is 0 Å². The van der Waals surface area contributed by atoms with Gasteiger partial charge in [0.1, 0.15) is 11.8 Å². The molecule has 126 valence electrons. The molecule has 1 atom stereocenters. The Morgan fingerprint density at radius 2 is 2.33 bits per heavy atom. The second kappa shape index (κ2) is 6.83. The number of carbonyl (C=O) groups excluding carboxylic acids is 1. The zero-order valence-corrected chi connectivity index (χ0v) is 14.1. The molecule has 3 rings (SSSR count). The van der Waals surface area contributed by atoms with Crippen molar-refractivity contribution in [1.29, 1.82) is 0 Å². The summed E-state index contributed by atoms with van der Waals surface area (Å²) in [6.07, 6.45) is 2.23. The Balaban J connectivity index is 1.68. The maximum atomic E-state index is 12.1. The Bertz CT molecular complexity index is 900. The van der Waals surface area contributed by atoms with Crippen LogP contribution in [0.5, 0.6) is 0 Å². The van der Waals surface area contributed by atoms with Crippen LogP contribution in [-0.4, -0.2) is 26.5 Å². The molecule has 0 spiro atoms. The van der Waals surface area contributed by atoms with Crippen molar-refractivity contribution >= 4 is 27.3 Å². The molecule has 1 unspecified atom stereocenters. The molecule has 9 heteroatoms. The first-order valence-electron chi connectivity index (χ1n) is 7.53. The highest BCUT2D eigenvalue weighted by molar-refractivity contribution is 7.20. The van der Waals surface area contributed by atoms with Gasteiger partial charge in [-0.25, -0.2) is 4.98 Å². The van der Waals surface area contributed by atoms with E-state index in [2.05, 4.69) is 20.7 Å². The standard InChI is InChI=1S/C15H17N5O3S/c1-3-10-7-12(21)20-15(18-10)24-14(19-20)17-9(2)13(22)16-8-11-5-4-6-23-11/h4-7,9H,3,8H2,1-2H3,(H,16,22)(H,17,19). The molecule has 3 aromatic heterocycles. The summed E-state index contributed by atoms with van der Waals surface area (Å²) in [5.74, 6) is 0.485. The lowest BCUT2D eigenvalue weighted by atomic mass is 10.3. The van der Waals surface area contributed by atoms with Crippen LogP contribution in [0.2, 0.25) is 0 Å². The van der Waals surface area contributed by atoms with Crippen LogP contribution < -0.4 is 16.2 Å². The number of hydrogen-bond acceptors (Lipinski definition) is 7. The topological polar surface area (TPSA) is 102 Å². The van der Waals surface area contributed by atoms with Gasteiger partial charge in [0.2, 0.25) is 16.0 Å². The Morgan fingerprint density at radius 3 is 3.04 bits per heavy atom. The number of amides is 1. The number of hydrogen-bond donors (Lipinski definition) is 2. The Labute approximate surface area is 141 Å². The van der Waals surface area contributed by atoms with Crippen LogP contribution in [-0.2, 0) is 17.8 Å². The summed E-state index contributed by atoms with van der Waals surface area (Å²) in [5.41, 5.74) is 0.496. The van der Waals surface area contributed by atoms with Crippen molar-refractivity contribution in [3.05, 3.63) is 46.3 Å². The third-order valence-corrected chi connectivity index (χ3v) is 4.25. The summed E-state index contributed by atoms with van der Waals surface area (Å²) in [5, 5.41) is 10.4. The quantitative estimate of drug-likeness (QED) is 0.699. The molecule has 2 N–H and O–H groups in total. The van der Waals surface area contributed by atoms with Gasteiger partial charge in [-0.2, -0.15) is 4.52 Å². The number of fused-ring (bicyclic) bond motifs is 1. The van der Waals surface area contributed by atoms with Crippen LogP contribution in [0.1, 0.15) is 25.3 Å². The minimum absolute atomic E-state index is 0.194. The Kier molecular flexibility index (Phi) is 4.61. The number of rotatable bonds is 6. The third-order valence-electron chi connectivity index (χ3n) is 3.41. The minimum atomic E-state index is -0.512. The lowest BCUT2D eigenvalue weighted by Crippen LogP contribution is -2.37. The fourth-order valence-corrected chi connectivity index (χ4v) is 3.00. The summed E-state index contributed by atoms with van der Waals surface area (Å²) in [7, 11) is 0. The molecule has 0 fully saturated rings. The van der Waals surface area contributed by atoms with Gasteiger partial charge in [0, 0.05) is 11.8 Å². The first kappa shape index (κ1) is 16.2. The van der Waals surface area contributed by atoms with Crippen molar-refractivity contribution in [3.8, 4) is 0 Å². The van der Waals surface area contributed by atoms with E-state index >= 15 is 0 Å². The molecule has 0 aliphatic heterocycles. The highest BCUT2D eigenvalue weighted by Crippen LogP contribution is 2.17. The molecule has 3 aromatic rings. The predicted molar refractivity (Wildman–Crippen MR) is 90.2 cm³/mol. The molecule has 1 amide bonds. The molecule has 0 saturated carbocycles. The smallest absolute Gasteiger partial charge is 0.275 e. The summed E-state index contributed by atoms with van der Waals surface area (Å²) >= 11 is 1.23. The van der Waals surface area contributed by atoms with Crippen LogP contribution in [0, 0.1) is 0 Å². The molecule has 24 heavy (non-hydrogen) atoms. The summed E-state index contributed by atoms with van der Waals surface area (Å²) in [4.78, 5) is 28.9. The zero-order chi connectivity index (χ0) is 17.1. The van der Waals surface area contributed by atoms with Gasteiger partial charge in [-0.1, -0.05) is 18.3 Å². The molecule has 0 aliphatic carbocycles. The van der Waals surface area contributed by atoms with Gasteiger partial charge in [0.05, 0.1) is 12.8 Å². The summed E-state index contributed by atoms with van der Waals surface area (Å²) < 4.78 is 6.40. The molecule has 0 saturated heterocycles. The van der Waals surface area contributed by atoms with E-state index in [0.29, 0.717) is 28.8 Å². The molecule has 0 radical (unpaired) electrons. The lowest BCUT2D eigenvalue weighted by Gasteiger charge is -2.11. The van der Waals surface area contributed by atoms with Crippen LogP contribution >= 0.6 is 11.3 Å². The van der Waals surface area contributed by atoms with E-state index in [9.17, 15) is 9.59 Å². The van der Waals surface area contributed by atoms with Crippen molar-refractivity contribution in [2.45, 2.75) is 32.9 Å². The van der Waals surface area contributed by atoms with Gasteiger partial charge in [-0.3, -0.25) is 9.59 Å². The maximum absolute atomic E-state index is 12.1. The van der Waals surface area contributed by atoms with E-state index in [-0.39, 0.29) is 11.5 Å². The van der Waals surface area contributed by atoms with Gasteiger partial charge < -0.3 is 15.1 Å². The van der Waals surface area contributed by atoms with E-state index in [4.69, 9.17) is 4.42 Å². The monoisotopic (exact) mass is 347 g/mol. The highest BCUT2D eigenvalue weighted by atomic mass is 32.1. The molecule has 3 heterocycles. The third kappa shape index (κ3) is 3.46. The van der Waals surface area contributed by atoms with Crippen LogP contribution in [0.4, 0.5) is 5.13 Å². The van der Waals surface area contributed by atoms with E-state index in [1.165, 1.54) is 21.9 Å². The van der Waals surface area contributed by atoms with Gasteiger partial charge >= 0.3 is 0 Å². The number of aromatic nitrogens is 3. The number of nitrogens with one attached hydrogen (secondary N) is 2. The molecular formula is C15H17N5O3S. The summed E-state index contributed by atoms with van der Waals surface area (Å²) in [6.45, 7) is 3.97. The summed E-state index contributed by atoms with van der Waals surface area (Å²) in [6, 6.07) is 4.51. The SMILES string of the molecule is CCc1cc(=O)n2nc(NC(C)C(=O)NCc3ccco3)sc2n1. The number of furan rings is 1. The lowest BCUT2D eigenvalue weighted by molar-refractivity contribution is -0.121. The first-order valence-corrected chi connectivity index (χ1v) is 8.35. The van der Waals surface area contributed by atoms with Crippen molar-refractivity contribution in [2.75, 3.05) is 5.32 Å². The average molecular weight is 347 g/mol. The Hall–Kier alpha value is -2.68. The van der Waals surface area contributed by atoms with E-state index in [0.717, 1.165) is 5.69 Å². The molecule has 0 aromatic carbocycles. The number of anilines is 1. The van der Waals surface area contributed by atoms with E-state index in [1.54, 1.807) is 25.3 Å². The van der Waals surface area contributed by atoms with Crippen molar-refractivity contribution in [1.82, 2.24) is 19.9 Å². The van der Waals surface area contributed by atoms with E-state index in [1.807, 2.05) is 6.92 Å². The Morgan fingerprint density at radius 1 is 1.50 bits per heavy atom. The molecule has 0 aliphatic rings. The van der Waals surface area contributed by atoms with Crippen LogP contribution in [0.3, 0.4) is 0 Å². The number of carbonyl (C=O) groups is 1. The largest absolute Gasteiger partial charge is 0.467 e. The highest BCUT2D eigenvalue weighted by Gasteiger charge is 2.16. The molecule has 0 bridgehead atoms. The predicted octanol–water partition coefficient (Wildman–Crippen LogP) is 1.42. The van der Waals surface area contributed by atoms with Gasteiger partial charge in [-0.05, 0) is 25.5 Å².